The van der Waals surface area contributed by atoms with Crippen LogP contribution >= 0.6 is 11.8 Å². The summed E-state index contributed by atoms with van der Waals surface area (Å²) in [6, 6.07) is 13.6. The summed E-state index contributed by atoms with van der Waals surface area (Å²) in [5.74, 6) is 1.48. The van der Waals surface area contributed by atoms with Crippen molar-refractivity contribution in [2.75, 3.05) is 7.11 Å². The van der Waals surface area contributed by atoms with Crippen molar-refractivity contribution < 1.29 is 4.74 Å². The molecule has 3 aromatic rings. The Balaban J connectivity index is 2.12. The molecule has 0 aliphatic rings. The molecule has 2 heterocycles. The second-order valence-corrected chi connectivity index (χ2v) is 6.27. The van der Waals surface area contributed by atoms with Crippen molar-refractivity contribution >= 4 is 11.8 Å². The minimum absolute atomic E-state index is 0.225. The molecule has 0 fully saturated rings. The average molecular weight is 337 g/mol. The normalized spacial score (nSPS) is 11.7. The Morgan fingerprint density at radius 3 is 2.46 bits per heavy atom. The van der Waals surface area contributed by atoms with E-state index < -0.39 is 0 Å². The number of nitrogens with zero attached hydrogens (tertiary/aromatic N) is 5. The molecule has 0 spiro atoms. The average Bonchev–Trinajstić information content (AvgIpc) is 3.05. The number of thioether (sulfide) groups is 1. The van der Waals surface area contributed by atoms with E-state index in [0.717, 1.165) is 17.0 Å². The van der Waals surface area contributed by atoms with Crippen molar-refractivity contribution in [2.45, 2.75) is 17.3 Å². The lowest BCUT2D eigenvalue weighted by atomic mass is 10.2. The summed E-state index contributed by atoms with van der Waals surface area (Å²) in [7, 11) is 1.63. The molecule has 0 saturated carbocycles. The van der Waals surface area contributed by atoms with Gasteiger partial charge in [0.15, 0.2) is 11.0 Å². The van der Waals surface area contributed by atoms with Crippen molar-refractivity contribution in [1.29, 1.82) is 5.26 Å². The third-order valence-corrected chi connectivity index (χ3v) is 4.30. The molecule has 0 radical (unpaired) electrons. The second kappa shape index (κ2) is 7.15. The van der Waals surface area contributed by atoms with E-state index in [9.17, 15) is 0 Å². The zero-order valence-electron chi connectivity index (χ0n) is 13.2. The SMILES string of the molecule is COc1ccc(-n2c(S[C@@H](C)C#N)nnc2-c2ccncc2)cc1. The van der Waals surface area contributed by atoms with Crippen molar-refractivity contribution in [2.24, 2.45) is 0 Å². The molecule has 3 rings (SSSR count). The Bertz CT molecular complexity index is 855. The highest BCUT2D eigenvalue weighted by molar-refractivity contribution is 8.00. The van der Waals surface area contributed by atoms with Gasteiger partial charge in [-0.15, -0.1) is 10.2 Å². The van der Waals surface area contributed by atoms with E-state index in [2.05, 4.69) is 21.3 Å². The summed E-state index contributed by atoms with van der Waals surface area (Å²) in [4.78, 5) is 4.04. The molecular weight excluding hydrogens is 322 g/mol. The molecule has 0 saturated heterocycles. The lowest BCUT2D eigenvalue weighted by molar-refractivity contribution is 0.414. The number of ether oxygens (including phenoxy) is 1. The molecule has 24 heavy (non-hydrogen) atoms. The van der Waals surface area contributed by atoms with E-state index in [-0.39, 0.29) is 5.25 Å². The van der Waals surface area contributed by atoms with Crippen molar-refractivity contribution in [1.82, 2.24) is 19.7 Å². The highest BCUT2D eigenvalue weighted by Crippen LogP contribution is 2.30. The van der Waals surface area contributed by atoms with Crippen LogP contribution in [0.2, 0.25) is 0 Å². The van der Waals surface area contributed by atoms with Gasteiger partial charge in [-0.25, -0.2) is 0 Å². The van der Waals surface area contributed by atoms with Crippen LogP contribution in [0.1, 0.15) is 6.92 Å². The smallest absolute Gasteiger partial charge is 0.197 e. The van der Waals surface area contributed by atoms with Gasteiger partial charge >= 0.3 is 0 Å². The third-order valence-electron chi connectivity index (χ3n) is 3.37. The maximum absolute atomic E-state index is 9.10. The number of aromatic nitrogens is 4. The molecule has 0 unspecified atom stereocenters. The Labute approximate surface area is 144 Å². The number of nitriles is 1. The molecule has 0 aliphatic carbocycles. The zero-order valence-corrected chi connectivity index (χ0v) is 14.1. The van der Waals surface area contributed by atoms with Crippen LogP contribution in [0.3, 0.4) is 0 Å². The van der Waals surface area contributed by atoms with Gasteiger partial charge in [-0.05, 0) is 43.3 Å². The van der Waals surface area contributed by atoms with E-state index in [1.807, 2.05) is 47.9 Å². The van der Waals surface area contributed by atoms with E-state index >= 15 is 0 Å². The molecule has 0 amide bonds. The van der Waals surface area contributed by atoms with Crippen LogP contribution in [-0.4, -0.2) is 32.1 Å². The molecule has 1 atom stereocenters. The standard InChI is InChI=1S/C17H15N5OS/c1-12(11-18)24-17-21-20-16(13-7-9-19-10-8-13)22(17)14-3-5-15(23-2)6-4-14/h3-10,12H,1-2H3/t12-/m0/s1. The fourth-order valence-electron chi connectivity index (χ4n) is 2.18. The van der Waals surface area contributed by atoms with Crippen molar-refractivity contribution in [3.8, 4) is 28.9 Å². The Morgan fingerprint density at radius 1 is 1.12 bits per heavy atom. The molecule has 1 aromatic carbocycles. The topological polar surface area (TPSA) is 76.6 Å². The first-order valence-corrected chi connectivity index (χ1v) is 8.17. The fourth-order valence-corrected chi connectivity index (χ4v) is 2.94. The predicted molar refractivity (Wildman–Crippen MR) is 92.1 cm³/mol. The molecular formula is C17H15N5OS. The van der Waals surface area contributed by atoms with Crippen molar-refractivity contribution in [3.63, 3.8) is 0 Å². The maximum Gasteiger partial charge on any atom is 0.197 e. The summed E-state index contributed by atoms with van der Waals surface area (Å²) in [5.41, 5.74) is 1.81. The van der Waals surface area contributed by atoms with Crippen LogP contribution in [0, 0.1) is 11.3 Å². The van der Waals surface area contributed by atoms with Gasteiger partial charge in [0.25, 0.3) is 0 Å². The number of rotatable bonds is 5. The first kappa shape index (κ1) is 16.0. The highest BCUT2D eigenvalue weighted by atomic mass is 32.2. The van der Waals surface area contributed by atoms with Gasteiger partial charge in [-0.2, -0.15) is 5.26 Å². The van der Waals surface area contributed by atoms with E-state index in [1.165, 1.54) is 11.8 Å². The quantitative estimate of drug-likeness (QED) is 0.665. The molecule has 7 heteroatoms. The van der Waals surface area contributed by atoms with Crippen LogP contribution in [0.4, 0.5) is 0 Å². The van der Waals surface area contributed by atoms with Crippen LogP contribution < -0.4 is 4.74 Å². The van der Waals surface area contributed by atoms with Crippen LogP contribution in [-0.2, 0) is 0 Å². The van der Waals surface area contributed by atoms with E-state index in [0.29, 0.717) is 11.0 Å². The maximum atomic E-state index is 9.10. The molecule has 0 N–H and O–H groups in total. The highest BCUT2D eigenvalue weighted by Gasteiger charge is 2.18. The Morgan fingerprint density at radius 2 is 1.83 bits per heavy atom. The van der Waals surface area contributed by atoms with Crippen molar-refractivity contribution in [3.05, 3.63) is 48.8 Å². The minimum atomic E-state index is -0.225. The summed E-state index contributed by atoms with van der Waals surface area (Å²) >= 11 is 1.37. The summed E-state index contributed by atoms with van der Waals surface area (Å²) in [6.07, 6.45) is 3.43. The van der Waals surface area contributed by atoms with E-state index in [1.54, 1.807) is 19.5 Å². The second-order valence-electron chi connectivity index (χ2n) is 4.96. The lowest BCUT2D eigenvalue weighted by Gasteiger charge is -2.11. The van der Waals surface area contributed by atoms with Gasteiger partial charge in [-0.3, -0.25) is 9.55 Å². The van der Waals surface area contributed by atoms with Crippen LogP contribution in [0.5, 0.6) is 5.75 Å². The first-order chi connectivity index (χ1) is 11.7. The largest absolute Gasteiger partial charge is 0.497 e. The van der Waals surface area contributed by atoms with Crippen LogP contribution in [0.25, 0.3) is 17.1 Å². The number of hydrogen-bond donors (Lipinski definition) is 0. The molecule has 0 aliphatic heterocycles. The minimum Gasteiger partial charge on any atom is -0.497 e. The lowest BCUT2D eigenvalue weighted by Crippen LogP contribution is -2.02. The number of benzene rings is 1. The van der Waals surface area contributed by atoms with Gasteiger partial charge in [-0.1, -0.05) is 11.8 Å². The van der Waals surface area contributed by atoms with E-state index in [4.69, 9.17) is 10.00 Å². The Hall–Kier alpha value is -2.85. The fraction of sp³-hybridized carbons (Fsp3) is 0.176. The number of methoxy groups -OCH3 is 1. The van der Waals surface area contributed by atoms with Gasteiger partial charge in [0.1, 0.15) is 5.75 Å². The first-order valence-electron chi connectivity index (χ1n) is 7.29. The predicted octanol–water partition coefficient (Wildman–Crippen LogP) is 3.34. The third kappa shape index (κ3) is 3.24. The molecule has 6 nitrogen and oxygen atoms in total. The summed E-state index contributed by atoms with van der Waals surface area (Å²) in [5, 5.41) is 18.1. The van der Waals surface area contributed by atoms with Gasteiger partial charge in [0.05, 0.1) is 18.4 Å². The molecule has 2 aromatic heterocycles. The monoisotopic (exact) mass is 337 g/mol. The number of pyridine rings is 1. The number of hydrogen-bond acceptors (Lipinski definition) is 6. The molecule has 0 bridgehead atoms. The molecule has 120 valence electrons. The summed E-state index contributed by atoms with van der Waals surface area (Å²) < 4.78 is 7.15. The van der Waals surface area contributed by atoms with Gasteiger partial charge in [0.2, 0.25) is 0 Å². The Kier molecular flexibility index (Phi) is 4.77. The van der Waals surface area contributed by atoms with Crippen LogP contribution in [0.15, 0.2) is 53.9 Å². The summed E-state index contributed by atoms with van der Waals surface area (Å²) in [6.45, 7) is 1.84. The van der Waals surface area contributed by atoms with Gasteiger partial charge in [0, 0.05) is 23.6 Å². The van der Waals surface area contributed by atoms with Gasteiger partial charge < -0.3 is 4.74 Å². The zero-order chi connectivity index (χ0) is 16.9.